The Labute approximate surface area is 183 Å². The lowest BCUT2D eigenvalue weighted by Crippen LogP contribution is -1.96. The molecule has 0 aliphatic rings. The van der Waals surface area contributed by atoms with Crippen molar-refractivity contribution >= 4 is 33.1 Å². The summed E-state index contributed by atoms with van der Waals surface area (Å²) in [7, 11) is 0. The van der Waals surface area contributed by atoms with Crippen molar-refractivity contribution in [3.63, 3.8) is 0 Å². The van der Waals surface area contributed by atoms with Crippen LogP contribution < -0.4 is 5.32 Å². The SMILES string of the molecule is Cc1sc2ncnc(Nc3ccc(Cc4ccncc4)cc3)c2c1-c1ccc(F)cc1. The highest BCUT2D eigenvalue weighted by Crippen LogP contribution is 2.41. The second kappa shape index (κ2) is 8.24. The summed E-state index contributed by atoms with van der Waals surface area (Å²) in [4.78, 5) is 15.1. The summed E-state index contributed by atoms with van der Waals surface area (Å²) >= 11 is 1.62. The highest BCUT2D eigenvalue weighted by molar-refractivity contribution is 7.19. The fourth-order valence-corrected chi connectivity index (χ4v) is 4.69. The number of nitrogens with one attached hydrogen (secondary N) is 1. The molecule has 0 radical (unpaired) electrons. The van der Waals surface area contributed by atoms with Gasteiger partial charge in [-0.25, -0.2) is 14.4 Å². The van der Waals surface area contributed by atoms with E-state index in [9.17, 15) is 4.39 Å². The summed E-state index contributed by atoms with van der Waals surface area (Å²) in [6.07, 6.45) is 6.06. The molecule has 0 aliphatic heterocycles. The summed E-state index contributed by atoms with van der Waals surface area (Å²) in [6.45, 7) is 2.06. The highest BCUT2D eigenvalue weighted by atomic mass is 32.1. The Morgan fingerprint density at radius 1 is 0.871 bits per heavy atom. The smallest absolute Gasteiger partial charge is 0.143 e. The van der Waals surface area contributed by atoms with Crippen LogP contribution in [0.1, 0.15) is 16.0 Å². The van der Waals surface area contributed by atoms with Crippen LogP contribution in [0.15, 0.2) is 79.4 Å². The van der Waals surface area contributed by atoms with Gasteiger partial charge >= 0.3 is 0 Å². The molecule has 0 saturated heterocycles. The van der Waals surface area contributed by atoms with E-state index < -0.39 is 0 Å². The number of hydrogen-bond acceptors (Lipinski definition) is 5. The molecule has 3 heterocycles. The van der Waals surface area contributed by atoms with E-state index in [0.29, 0.717) is 0 Å². The van der Waals surface area contributed by atoms with Crippen LogP contribution in [0, 0.1) is 12.7 Å². The largest absolute Gasteiger partial charge is 0.340 e. The number of rotatable bonds is 5. The van der Waals surface area contributed by atoms with Crippen molar-refractivity contribution in [1.82, 2.24) is 15.0 Å². The van der Waals surface area contributed by atoms with Crippen molar-refractivity contribution in [2.75, 3.05) is 5.32 Å². The van der Waals surface area contributed by atoms with Gasteiger partial charge in [-0.2, -0.15) is 0 Å². The van der Waals surface area contributed by atoms with Crippen LogP contribution in [0.25, 0.3) is 21.3 Å². The normalized spacial score (nSPS) is 11.0. The van der Waals surface area contributed by atoms with Gasteiger partial charge in [0.05, 0.1) is 5.39 Å². The lowest BCUT2D eigenvalue weighted by atomic mass is 10.0. The van der Waals surface area contributed by atoms with Crippen LogP contribution in [0.2, 0.25) is 0 Å². The second-order valence-corrected chi connectivity index (χ2v) is 8.50. The number of halogens is 1. The molecular weight excluding hydrogens is 407 g/mol. The quantitative estimate of drug-likeness (QED) is 0.347. The summed E-state index contributed by atoms with van der Waals surface area (Å²) in [5.74, 6) is 0.498. The first-order valence-electron chi connectivity index (χ1n) is 9.92. The molecule has 152 valence electrons. The van der Waals surface area contributed by atoms with Crippen LogP contribution in [0.3, 0.4) is 0 Å². The molecule has 3 aromatic heterocycles. The van der Waals surface area contributed by atoms with Gasteiger partial charge in [0.2, 0.25) is 0 Å². The number of thiophene rings is 1. The van der Waals surface area contributed by atoms with E-state index in [2.05, 4.69) is 51.5 Å². The number of aromatic nitrogens is 3. The zero-order chi connectivity index (χ0) is 21.2. The first kappa shape index (κ1) is 19.3. The monoisotopic (exact) mass is 426 g/mol. The standard InChI is InChI=1S/C25H19FN4S/c1-16-22(19-4-6-20(26)7-5-19)23-24(28-15-29-25(23)31-16)30-21-8-2-17(3-9-21)14-18-10-12-27-13-11-18/h2-13,15H,14H2,1H3,(H,28,29,30). The lowest BCUT2D eigenvalue weighted by molar-refractivity contribution is 0.628. The Hall–Kier alpha value is -3.64. The van der Waals surface area contributed by atoms with Gasteiger partial charge in [-0.15, -0.1) is 11.3 Å². The zero-order valence-corrected chi connectivity index (χ0v) is 17.7. The minimum Gasteiger partial charge on any atom is -0.340 e. The molecule has 31 heavy (non-hydrogen) atoms. The lowest BCUT2D eigenvalue weighted by Gasteiger charge is -2.10. The molecule has 0 bridgehead atoms. The van der Waals surface area contributed by atoms with Crippen molar-refractivity contribution in [2.24, 2.45) is 0 Å². The Balaban J connectivity index is 1.47. The fraction of sp³-hybridized carbons (Fsp3) is 0.0800. The predicted octanol–water partition coefficient (Wildman–Crippen LogP) is 6.54. The third-order valence-corrected chi connectivity index (χ3v) is 6.18. The first-order valence-corrected chi connectivity index (χ1v) is 10.7. The van der Waals surface area contributed by atoms with Gasteiger partial charge in [0, 0.05) is 28.5 Å². The second-order valence-electron chi connectivity index (χ2n) is 7.30. The average molecular weight is 427 g/mol. The molecule has 0 saturated carbocycles. The Kier molecular flexibility index (Phi) is 5.14. The maximum atomic E-state index is 13.4. The van der Waals surface area contributed by atoms with E-state index >= 15 is 0 Å². The first-order chi connectivity index (χ1) is 15.2. The number of hydrogen-bond donors (Lipinski definition) is 1. The van der Waals surface area contributed by atoms with Gasteiger partial charge in [-0.3, -0.25) is 4.98 Å². The van der Waals surface area contributed by atoms with Gasteiger partial charge in [-0.1, -0.05) is 24.3 Å². The Morgan fingerprint density at radius 2 is 1.58 bits per heavy atom. The van der Waals surface area contributed by atoms with Crippen LogP contribution >= 0.6 is 11.3 Å². The molecule has 0 unspecified atom stereocenters. The van der Waals surface area contributed by atoms with Gasteiger partial charge < -0.3 is 5.32 Å². The third-order valence-electron chi connectivity index (χ3n) is 5.17. The van der Waals surface area contributed by atoms with E-state index in [1.165, 1.54) is 23.3 Å². The summed E-state index contributed by atoms with van der Waals surface area (Å²) < 4.78 is 13.4. The molecule has 0 aliphatic carbocycles. The van der Waals surface area contributed by atoms with E-state index in [1.54, 1.807) is 29.8 Å². The average Bonchev–Trinajstić information content (AvgIpc) is 3.13. The van der Waals surface area contributed by atoms with Crippen molar-refractivity contribution in [2.45, 2.75) is 13.3 Å². The maximum Gasteiger partial charge on any atom is 0.143 e. The van der Waals surface area contributed by atoms with Crippen LogP contribution in [0.5, 0.6) is 0 Å². The van der Waals surface area contributed by atoms with E-state index in [-0.39, 0.29) is 5.82 Å². The number of pyridine rings is 1. The molecule has 0 amide bonds. The molecule has 2 aromatic carbocycles. The molecule has 1 N–H and O–H groups in total. The molecular formula is C25H19FN4S. The minimum atomic E-state index is -0.248. The van der Waals surface area contributed by atoms with Crippen LogP contribution in [-0.2, 0) is 6.42 Å². The molecule has 4 nitrogen and oxygen atoms in total. The maximum absolute atomic E-state index is 13.4. The topological polar surface area (TPSA) is 50.7 Å². The van der Waals surface area contributed by atoms with Gasteiger partial charge in [0.15, 0.2) is 0 Å². The number of anilines is 2. The van der Waals surface area contributed by atoms with Crippen molar-refractivity contribution in [1.29, 1.82) is 0 Å². The van der Waals surface area contributed by atoms with Crippen molar-refractivity contribution in [3.05, 3.63) is 101 Å². The molecule has 0 atom stereocenters. The Morgan fingerprint density at radius 3 is 2.32 bits per heavy atom. The third kappa shape index (κ3) is 4.02. The van der Waals surface area contributed by atoms with Crippen molar-refractivity contribution in [3.8, 4) is 11.1 Å². The molecule has 0 fully saturated rings. The highest BCUT2D eigenvalue weighted by Gasteiger charge is 2.17. The fourth-order valence-electron chi connectivity index (χ4n) is 3.68. The van der Waals surface area contributed by atoms with E-state index in [4.69, 9.17) is 0 Å². The molecule has 5 aromatic rings. The summed E-state index contributed by atoms with van der Waals surface area (Å²) in [6, 6.07) is 19.0. The number of benzene rings is 2. The number of fused-ring (bicyclic) bond motifs is 1. The summed E-state index contributed by atoms with van der Waals surface area (Å²) in [5, 5.41) is 4.40. The van der Waals surface area contributed by atoms with Crippen molar-refractivity contribution < 1.29 is 4.39 Å². The minimum absolute atomic E-state index is 0.248. The van der Waals surface area contributed by atoms with E-state index in [0.717, 1.165) is 44.1 Å². The van der Waals surface area contributed by atoms with Gasteiger partial charge in [0.1, 0.15) is 22.8 Å². The number of aryl methyl sites for hydroxylation is 1. The molecule has 0 spiro atoms. The Bertz CT molecular complexity index is 1330. The van der Waals surface area contributed by atoms with Crippen LogP contribution in [-0.4, -0.2) is 15.0 Å². The zero-order valence-electron chi connectivity index (χ0n) is 16.8. The number of nitrogens with zero attached hydrogens (tertiary/aromatic N) is 3. The summed E-state index contributed by atoms with van der Waals surface area (Å²) in [5.41, 5.74) is 5.40. The van der Waals surface area contributed by atoms with Gasteiger partial charge in [-0.05, 0) is 66.4 Å². The van der Waals surface area contributed by atoms with Gasteiger partial charge in [0.25, 0.3) is 0 Å². The van der Waals surface area contributed by atoms with Crippen LogP contribution in [0.4, 0.5) is 15.9 Å². The predicted molar refractivity (Wildman–Crippen MR) is 124 cm³/mol. The molecule has 6 heteroatoms. The molecule has 5 rings (SSSR count). The van der Waals surface area contributed by atoms with E-state index in [1.807, 2.05) is 24.5 Å².